The van der Waals surface area contributed by atoms with Gasteiger partial charge in [0.15, 0.2) is 0 Å². The Morgan fingerprint density at radius 2 is 1.83 bits per heavy atom. The zero-order valence-electron chi connectivity index (χ0n) is 7.75. The van der Waals surface area contributed by atoms with Gasteiger partial charge in [-0.1, -0.05) is 43.2 Å². The van der Waals surface area contributed by atoms with Crippen LogP contribution >= 0.6 is 0 Å². The fraction of sp³-hybridized carbons (Fsp3) is 0.455. The van der Waals surface area contributed by atoms with Crippen LogP contribution < -0.4 is 0 Å². The van der Waals surface area contributed by atoms with E-state index >= 15 is 0 Å². The molecule has 0 radical (unpaired) electrons. The Kier molecular flexibility index (Phi) is 3.30. The first-order chi connectivity index (χ1) is 5.74. The average Bonchev–Trinajstić information content (AvgIpc) is 2.06. The van der Waals surface area contributed by atoms with Gasteiger partial charge in [0.1, 0.15) is 0 Å². The minimum absolute atomic E-state index is 0.282. The van der Waals surface area contributed by atoms with Crippen LogP contribution in [0, 0.1) is 6.92 Å². The van der Waals surface area contributed by atoms with E-state index in [0.29, 0.717) is 0 Å². The quantitative estimate of drug-likeness (QED) is 0.728. The van der Waals surface area contributed by atoms with Crippen molar-refractivity contribution in [3.8, 4) is 0 Å². The Hall–Kier alpha value is -0.820. The van der Waals surface area contributed by atoms with E-state index in [4.69, 9.17) is 0 Å². The van der Waals surface area contributed by atoms with Gasteiger partial charge >= 0.3 is 0 Å². The van der Waals surface area contributed by atoms with Crippen molar-refractivity contribution >= 4 is 0 Å². The smallest absolute Gasteiger partial charge is 0.0790 e. The molecule has 0 saturated carbocycles. The van der Waals surface area contributed by atoms with Gasteiger partial charge in [-0.3, -0.25) is 0 Å². The van der Waals surface area contributed by atoms with Crippen LogP contribution in [0.2, 0.25) is 0 Å². The highest BCUT2D eigenvalue weighted by Crippen LogP contribution is 2.17. The molecule has 12 heavy (non-hydrogen) atoms. The molecule has 0 aliphatic rings. The van der Waals surface area contributed by atoms with Crippen molar-refractivity contribution in [1.29, 1.82) is 0 Å². The summed E-state index contributed by atoms with van der Waals surface area (Å²) >= 11 is 0. The van der Waals surface area contributed by atoms with Crippen molar-refractivity contribution in [2.24, 2.45) is 0 Å². The van der Waals surface area contributed by atoms with E-state index in [1.807, 2.05) is 24.3 Å². The molecule has 1 aromatic carbocycles. The van der Waals surface area contributed by atoms with E-state index < -0.39 is 0 Å². The highest BCUT2D eigenvalue weighted by atomic mass is 16.3. The molecule has 1 heteroatoms. The van der Waals surface area contributed by atoms with E-state index in [0.717, 1.165) is 18.4 Å². The number of aryl methyl sites for hydroxylation is 1. The largest absolute Gasteiger partial charge is 0.388 e. The number of rotatable bonds is 3. The third-order valence-corrected chi connectivity index (χ3v) is 2.02. The molecule has 66 valence electrons. The van der Waals surface area contributed by atoms with Crippen LogP contribution in [0.1, 0.15) is 37.0 Å². The molecule has 0 fully saturated rings. The van der Waals surface area contributed by atoms with Crippen LogP contribution in [0.3, 0.4) is 0 Å². The molecule has 0 aromatic heterocycles. The molecule has 0 spiro atoms. The fourth-order valence-electron chi connectivity index (χ4n) is 1.23. The number of benzene rings is 1. The molecular formula is C11H16O. The van der Waals surface area contributed by atoms with Crippen LogP contribution in [0.5, 0.6) is 0 Å². The first-order valence-electron chi connectivity index (χ1n) is 4.48. The zero-order valence-corrected chi connectivity index (χ0v) is 7.75. The molecule has 1 aromatic rings. The minimum atomic E-state index is -0.282. The zero-order chi connectivity index (χ0) is 8.97. The molecule has 0 heterocycles. The molecule has 1 atom stereocenters. The van der Waals surface area contributed by atoms with Crippen molar-refractivity contribution in [2.45, 2.75) is 32.8 Å². The van der Waals surface area contributed by atoms with Crippen molar-refractivity contribution in [3.05, 3.63) is 35.4 Å². The molecule has 1 rings (SSSR count). The summed E-state index contributed by atoms with van der Waals surface area (Å²) in [5.74, 6) is 0. The Labute approximate surface area is 74.1 Å². The summed E-state index contributed by atoms with van der Waals surface area (Å²) in [5.41, 5.74) is 2.27. The van der Waals surface area contributed by atoms with Crippen molar-refractivity contribution in [3.63, 3.8) is 0 Å². The van der Waals surface area contributed by atoms with E-state index in [9.17, 15) is 5.11 Å². The molecule has 1 nitrogen and oxygen atoms in total. The number of hydrogen-bond donors (Lipinski definition) is 1. The van der Waals surface area contributed by atoms with Crippen LogP contribution in [0.25, 0.3) is 0 Å². The number of hydrogen-bond acceptors (Lipinski definition) is 1. The lowest BCUT2D eigenvalue weighted by Crippen LogP contribution is -1.95. The summed E-state index contributed by atoms with van der Waals surface area (Å²) in [7, 11) is 0. The standard InChI is InChI=1S/C11H16O/c1-3-4-11(12)10-7-5-9(2)6-8-10/h5-8,11-12H,3-4H2,1-2H3/t11-/m1/s1. The van der Waals surface area contributed by atoms with Crippen LogP contribution in [0.15, 0.2) is 24.3 Å². The van der Waals surface area contributed by atoms with E-state index in [1.165, 1.54) is 5.56 Å². The van der Waals surface area contributed by atoms with Gasteiger partial charge in [0.05, 0.1) is 6.10 Å². The van der Waals surface area contributed by atoms with Gasteiger partial charge in [0.25, 0.3) is 0 Å². The summed E-state index contributed by atoms with van der Waals surface area (Å²) in [6.07, 6.45) is 1.59. The monoisotopic (exact) mass is 164 g/mol. The van der Waals surface area contributed by atoms with Gasteiger partial charge in [-0.25, -0.2) is 0 Å². The SMILES string of the molecule is CCC[C@@H](O)c1ccc(C)cc1. The van der Waals surface area contributed by atoms with Gasteiger partial charge in [-0.15, -0.1) is 0 Å². The molecule has 1 N–H and O–H groups in total. The first kappa shape index (κ1) is 9.27. The number of aliphatic hydroxyl groups is 1. The maximum atomic E-state index is 9.61. The van der Waals surface area contributed by atoms with E-state index in [2.05, 4.69) is 13.8 Å². The Morgan fingerprint density at radius 1 is 1.25 bits per heavy atom. The maximum absolute atomic E-state index is 9.61. The molecule has 0 aliphatic carbocycles. The normalized spacial score (nSPS) is 12.9. The second kappa shape index (κ2) is 4.27. The van der Waals surface area contributed by atoms with Gasteiger partial charge in [0, 0.05) is 0 Å². The molecule has 0 aliphatic heterocycles. The maximum Gasteiger partial charge on any atom is 0.0790 e. The van der Waals surface area contributed by atoms with Gasteiger partial charge < -0.3 is 5.11 Å². The van der Waals surface area contributed by atoms with Crippen LogP contribution in [0.4, 0.5) is 0 Å². The van der Waals surface area contributed by atoms with E-state index in [-0.39, 0.29) is 6.10 Å². The molecular weight excluding hydrogens is 148 g/mol. The third kappa shape index (κ3) is 2.35. The van der Waals surface area contributed by atoms with Crippen molar-refractivity contribution in [1.82, 2.24) is 0 Å². The van der Waals surface area contributed by atoms with Gasteiger partial charge in [-0.05, 0) is 18.9 Å². The third-order valence-electron chi connectivity index (χ3n) is 2.02. The first-order valence-corrected chi connectivity index (χ1v) is 4.48. The lowest BCUT2D eigenvalue weighted by atomic mass is 10.0. The highest BCUT2D eigenvalue weighted by molar-refractivity contribution is 5.22. The van der Waals surface area contributed by atoms with Crippen LogP contribution in [-0.4, -0.2) is 5.11 Å². The van der Waals surface area contributed by atoms with Gasteiger partial charge in [-0.2, -0.15) is 0 Å². The molecule has 0 bridgehead atoms. The van der Waals surface area contributed by atoms with Crippen molar-refractivity contribution in [2.75, 3.05) is 0 Å². The summed E-state index contributed by atoms with van der Waals surface area (Å²) in [5, 5.41) is 9.61. The summed E-state index contributed by atoms with van der Waals surface area (Å²) in [6, 6.07) is 8.06. The average molecular weight is 164 g/mol. The predicted octanol–water partition coefficient (Wildman–Crippen LogP) is 2.83. The molecule has 0 amide bonds. The second-order valence-corrected chi connectivity index (χ2v) is 3.22. The summed E-state index contributed by atoms with van der Waals surface area (Å²) in [6.45, 7) is 4.13. The van der Waals surface area contributed by atoms with Crippen LogP contribution in [-0.2, 0) is 0 Å². The second-order valence-electron chi connectivity index (χ2n) is 3.22. The number of aliphatic hydroxyl groups excluding tert-OH is 1. The summed E-state index contributed by atoms with van der Waals surface area (Å²) < 4.78 is 0. The van der Waals surface area contributed by atoms with E-state index in [1.54, 1.807) is 0 Å². The Balaban J connectivity index is 2.68. The minimum Gasteiger partial charge on any atom is -0.388 e. The fourth-order valence-corrected chi connectivity index (χ4v) is 1.23. The predicted molar refractivity (Wildman–Crippen MR) is 51.0 cm³/mol. The molecule has 0 unspecified atom stereocenters. The Morgan fingerprint density at radius 3 is 2.33 bits per heavy atom. The highest BCUT2D eigenvalue weighted by Gasteiger charge is 2.04. The molecule has 0 saturated heterocycles. The summed E-state index contributed by atoms with van der Waals surface area (Å²) in [4.78, 5) is 0. The lowest BCUT2D eigenvalue weighted by Gasteiger charge is -2.08. The topological polar surface area (TPSA) is 20.2 Å². The lowest BCUT2D eigenvalue weighted by molar-refractivity contribution is 0.166. The van der Waals surface area contributed by atoms with Crippen molar-refractivity contribution < 1.29 is 5.11 Å². The Bertz CT molecular complexity index is 225. The van der Waals surface area contributed by atoms with Gasteiger partial charge in [0.2, 0.25) is 0 Å².